The molecule has 3 N–H and O–H groups in total. The van der Waals surface area contributed by atoms with Gasteiger partial charge in [-0.3, -0.25) is 9.36 Å². The Labute approximate surface area is 177 Å². The number of imidazole rings is 1. The maximum atomic E-state index is 13.4. The summed E-state index contributed by atoms with van der Waals surface area (Å²) >= 11 is 0. The topological polar surface area (TPSA) is 102 Å². The molecule has 31 heavy (non-hydrogen) atoms. The van der Waals surface area contributed by atoms with Crippen molar-refractivity contribution >= 4 is 27.8 Å². The summed E-state index contributed by atoms with van der Waals surface area (Å²) in [5.41, 5.74) is 9.47. The van der Waals surface area contributed by atoms with E-state index in [9.17, 15) is 9.18 Å². The number of aryl methyl sites for hydroxylation is 2. The van der Waals surface area contributed by atoms with Crippen molar-refractivity contribution < 1.29 is 4.39 Å². The smallest absolute Gasteiger partial charge is 0.263 e. The fraction of sp³-hybridized carbons (Fsp3) is 0.130. The Hall–Kier alpha value is -4.07. The highest BCUT2D eigenvalue weighted by molar-refractivity contribution is 5.82. The predicted octanol–water partition coefficient (Wildman–Crippen LogP) is 3.94. The molecule has 2 aromatic carbocycles. The highest BCUT2D eigenvalue weighted by atomic mass is 19.1. The van der Waals surface area contributed by atoms with E-state index in [1.807, 2.05) is 44.2 Å². The molecular weight excluding hydrogens is 395 g/mol. The van der Waals surface area contributed by atoms with E-state index in [1.165, 1.54) is 24.8 Å². The van der Waals surface area contributed by atoms with Crippen LogP contribution in [0.25, 0.3) is 27.6 Å². The van der Waals surface area contributed by atoms with Gasteiger partial charge in [0.1, 0.15) is 17.7 Å². The molecular formula is C23H21FN6O. The molecule has 7 nitrogen and oxygen atoms in total. The Morgan fingerprint density at radius 2 is 1.84 bits per heavy atom. The Bertz CT molecular complexity index is 1420. The molecule has 0 spiro atoms. The van der Waals surface area contributed by atoms with Crippen LogP contribution in [0.3, 0.4) is 0 Å². The zero-order valence-corrected chi connectivity index (χ0v) is 17.1. The summed E-state index contributed by atoms with van der Waals surface area (Å²) in [6, 6.07) is 14.1. The molecule has 0 aliphatic carbocycles. The van der Waals surface area contributed by atoms with E-state index in [-0.39, 0.29) is 11.4 Å². The second kappa shape index (κ2) is 8.35. The number of nitrogens with two attached hydrogens (primary N) is 1. The van der Waals surface area contributed by atoms with Crippen molar-refractivity contribution in [1.82, 2.24) is 24.5 Å². The van der Waals surface area contributed by atoms with Gasteiger partial charge in [0.25, 0.3) is 5.56 Å². The molecule has 156 valence electrons. The zero-order valence-electron chi connectivity index (χ0n) is 17.1. The standard InChI is InChI=1S/C18H16FNO.C5H5N5/c1-3-15-10-13-6-7-14(19)11-17(13)18(21)20(15)16-8-4-12(2)5-9-16;6-4-3-5(9-1-7-3)10-2-8-4/h4-11H,3H2,1-2H3;1-2H,(H3,6,7,8,9,10). The Morgan fingerprint density at radius 1 is 1.06 bits per heavy atom. The van der Waals surface area contributed by atoms with Gasteiger partial charge in [0.15, 0.2) is 11.5 Å². The van der Waals surface area contributed by atoms with Gasteiger partial charge in [-0.05, 0) is 49.1 Å². The van der Waals surface area contributed by atoms with Crippen LogP contribution in [0, 0.1) is 12.7 Å². The van der Waals surface area contributed by atoms with Crippen LogP contribution in [-0.4, -0.2) is 24.5 Å². The summed E-state index contributed by atoms with van der Waals surface area (Å²) in [6.07, 6.45) is 3.66. The minimum Gasteiger partial charge on any atom is -0.382 e. The van der Waals surface area contributed by atoms with Crippen LogP contribution in [0.5, 0.6) is 0 Å². The minimum absolute atomic E-state index is 0.173. The van der Waals surface area contributed by atoms with E-state index < -0.39 is 0 Å². The molecule has 0 bridgehead atoms. The van der Waals surface area contributed by atoms with E-state index >= 15 is 0 Å². The lowest BCUT2D eigenvalue weighted by atomic mass is 10.1. The summed E-state index contributed by atoms with van der Waals surface area (Å²) in [6.45, 7) is 4.01. The van der Waals surface area contributed by atoms with Gasteiger partial charge in [0.05, 0.1) is 11.7 Å². The number of rotatable bonds is 2. The Balaban J connectivity index is 0.000000192. The van der Waals surface area contributed by atoms with Crippen LogP contribution < -0.4 is 11.3 Å². The molecule has 0 atom stereocenters. The third-order valence-corrected chi connectivity index (χ3v) is 4.96. The summed E-state index contributed by atoms with van der Waals surface area (Å²) in [5.74, 6) is 0.0433. The number of fused-ring (bicyclic) bond motifs is 2. The molecule has 8 heteroatoms. The third kappa shape index (κ3) is 4.00. The second-order valence-corrected chi connectivity index (χ2v) is 7.06. The quantitative estimate of drug-likeness (QED) is 0.454. The van der Waals surface area contributed by atoms with E-state index in [1.54, 1.807) is 10.6 Å². The van der Waals surface area contributed by atoms with Crippen molar-refractivity contribution in [1.29, 1.82) is 0 Å². The van der Waals surface area contributed by atoms with Crippen molar-refractivity contribution in [2.24, 2.45) is 0 Å². The van der Waals surface area contributed by atoms with Crippen LogP contribution in [0.4, 0.5) is 10.2 Å². The average Bonchev–Trinajstić information content (AvgIpc) is 3.26. The first-order chi connectivity index (χ1) is 15.0. The maximum absolute atomic E-state index is 13.4. The number of nitrogens with zero attached hydrogens (tertiary/aromatic N) is 4. The maximum Gasteiger partial charge on any atom is 0.263 e. The number of aromatic amines is 1. The fourth-order valence-electron chi connectivity index (χ4n) is 3.36. The third-order valence-electron chi connectivity index (χ3n) is 4.96. The van der Waals surface area contributed by atoms with Crippen molar-refractivity contribution in [3.05, 3.63) is 88.6 Å². The number of H-pyrrole nitrogens is 1. The number of hydrogen-bond acceptors (Lipinski definition) is 5. The lowest BCUT2D eigenvalue weighted by Crippen LogP contribution is -2.22. The van der Waals surface area contributed by atoms with Gasteiger partial charge in [-0.2, -0.15) is 0 Å². The number of benzene rings is 2. The molecule has 0 aliphatic rings. The summed E-state index contributed by atoms with van der Waals surface area (Å²) in [4.78, 5) is 27.1. The van der Waals surface area contributed by atoms with Crippen LogP contribution in [0.1, 0.15) is 18.2 Å². The van der Waals surface area contributed by atoms with E-state index in [0.29, 0.717) is 22.4 Å². The van der Waals surface area contributed by atoms with Gasteiger partial charge < -0.3 is 10.7 Å². The number of hydrogen-bond donors (Lipinski definition) is 2. The van der Waals surface area contributed by atoms with Crippen LogP contribution in [-0.2, 0) is 6.42 Å². The molecule has 5 aromatic rings. The predicted molar refractivity (Wildman–Crippen MR) is 120 cm³/mol. The molecule has 3 aromatic heterocycles. The van der Waals surface area contributed by atoms with Gasteiger partial charge in [-0.1, -0.05) is 30.7 Å². The largest absolute Gasteiger partial charge is 0.382 e. The lowest BCUT2D eigenvalue weighted by Gasteiger charge is -2.13. The normalized spacial score (nSPS) is 10.8. The number of pyridine rings is 1. The Kier molecular flexibility index (Phi) is 5.44. The van der Waals surface area contributed by atoms with Gasteiger partial charge in [-0.25, -0.2) is 19.3 Å². The Morgan fingerprint density at radius 3 is 2.55 bits per heavy atom. The summed E-state index contributed by atoms with van der Waals surface area (Å²) in [5, 5.41) is 1.19. The van der Waals surface area contributed by atoms with Gasteiger partial charge >= 0.3 is 0 Å². The molecule has 0 aliphatic heterocycles. The van der Waals surface area contributed by atoms with Crippen molar-refractivity contribution in [3.63, 3.8) is 0 Å². The van der Waals surface area contributed by atoms with Crippen LogP contribution in [0.2, 0.25) is 0 Å². The first-order valence-corrected chi connectivity index (χ1v) is 9.78. The number of anilines is 1. The monoisotopic (exact) mass is 416 g/mol. The van der Waals surface area contributed by atoms with Gasteiger partial charge in [0.2, 0.25) is 0 Å². The van der Waals surface area contributed by atoms with Gasteiger partial charge in [0, 0.05) is 11.4 Å². The first kappa shape index (κ1) is 20.2. The minimum atomic E-state index is -0.390. The van der Waals surface area contributed by atoms with Crippen LogP contribution >= 0.6 is 0 Å². The van der Waals surface area contributed by atoms with E-state index in [2.05, 4.69) is 19.9 Å². The number of aromatic nitrogens is 5. The van der Waals surface area contributed by atoms with Crippen LogP contribution in [0.15, 0.2) is 66.0 Å². The molecule has 0 amide bonds. The molecule has 0 radical (unpaired) electrons. The van der Waals surface area contributed by atoms with Crippen molar-refractivity contribution in [3.8, 4) is 5.69 Å². The van der Waals surface area contributed by atoms with Crippen molar-refractivity contribution in [2.75, 3.05) is 5.73 Å². The first-order valence-electron chi connectivity index (χ1n) is 9.78. The summed E-state index contributed by atoms with van der Waals surface area (Å²) < 4.78 is 15.1. The number of halogens is 1. The van der Waals surface area contributed by atoms with E-state index in [0.717, 1.165) is 28.8 Å². The van der Waals surface area contributed by atoms with Crippen molar-refractivity contribution in [2.45, 2.75) is 20.3 Å². The molecule has 3 heterocycles. The van der Waals surface area contributed by atoms with Gasteiger partial charge in [-0.15, -0.1) is 0 Å². The highest BCUT2D eigenvalue weighted by Gasteiger charge is 2.10. The van der Waals surface area contributed by atoms with E-state index in [4.69, 9.17) is 5.73 Å². The molecule has 0 unspecified atom stereocenters. The SMILES string of the molecule is CCc1cc2ccc(F)cc2c(=O)n1-c1ccc(C)cc1.Nc1ncnc2nc[nH]c12. The number of nitrogens with one attached hydrogen (secondary N) is 1. The highest BCUT2D eigenvalue weighted by Crippen LogP contribution is 2.18. The molecule has 0 saturated heterocycles. The molecule has 0 fully saturated rings. The fourth-order valence-corrected chi connectivity index (χ4v) is 3.36. The second-order valence-electron chi connectivity index (χ2n) is 7.06. The lowest BCUT2D eigenvalue weighted by molar-refractivity contribution is 0.629. The average molecular weight is 416 g/mol. The zero-order chi connectivity index (χ0) is 22.0. The summed E-state index contributed by atoms with van der Waals surface area (Å²) in [7, 11) is 0. The number of nitrogen functional groups attached to an aromatic ring is 1. The molecule has 0 saturated carbocycles. The molecule has 5 rings (SSSR count).